The first-order valence-electron chi connectivity index (χ1n) is 21.2. The predicted octanol–water partition coefficient (Wildman–Crippen LogP) is 9.33. The van der Waals surface area contributed by atoms with Crippen molar-refractivity contribution in [3.05, 3.63) is 176 Å². The molecular weight excluding hydrogens is 1100 g/mol. The second kappa shape index (κ2) is 21.9. The quantitative estimate of drug-likeness (QED) is 0.124. The number of hydrogen-bond acceptors (Lipinski definition) is 14. The van der Waals surface area contributed by atoms with Crippen molar-refractivity contribution in [1.29, 1.82) is 0 Å². The fourth-order valence-electron chi connectivity index (χ4n) is 8.37. The van der Waals surface area contributed by atoms with Crippen LogP contribution in [0.5, 0.6) is 0 Å². The molecular formula is C48H47Br2F3N8O6S3. The van der Waals surface area contributed by atoms with Gasteiger partial charge in [0.25, 0.3) is 0 Å². The maximum absolute atomic E-state index is 14.5. The number of pyridine rings is 4. The van der Waals surface area contributed by atoms with Gasteiger partial charge in [-0.1, -0.05) is 26.0 Å². The molecule has 22 heteroatoms. The van der Waals surface area contributed by atoms with Gasteiger partial charge in [0, 0.05) is 64.3 Å². The standard InChI is InChI=1S/C28H25F2N5O2S.C8H11NO2S.C7H8BrNO2S.C5H3BrFN/c1-27(2)19-9-11-28(27,25-18(19)13-22(34-35-25)24-20(29)5-4-6-21(24)30)23-10-12-31-26(33-23)16-7-8-17(32-14-16)15-38(3,36)37;1-7-3-4-8(9-5-7)6-12(2,10)11;1-12(10,11)5-7-3-2-6(8)4-9-7;6-4-1-2-5(7)8-3-4/h4-8,10,12-14,19H,9,11,15H2,1-3H3;3-5H,6H2,1-2H3;2-4H,5H2,1H3;1-3H/t19-,28-;;;/m0.../s1. The summed E-state index contributed by atoms with van der Waals surface area (Å²) < 4.78 is 109. The normalized spacial score (nSPS) is 16.6. The first kappa shape index (κ1) is 53.9. The van der Waals surface area contributed by atoms with Crippen LogP contribution in [0.1, 0.15) is 72.2 Å². The van der Waals surface area contributed by atoms with Gasteiger partial charge >= 0.3 is 0 Å². The van der Waals surface area contributed by atoms with Gasteiger partial charge in [0.05, 0.1) is 62.4 Å². The van der Waals surface area contributed by atoms with Crippen LogP contribution in [-0.2, 0) is 52.2 Å². The third-order valence-electron chi connectivity index (χ3n) is 11.5. The average Bonchev–Trinajstić information content (AvgIpc) is 3.66. The SMILES string of the molecule is CC1(C)[C@H]2CC[C@]1(c1ccnc(-c3ccc(CS(C)(=O)=O)nc3)n1)c1nnc(-c3c(F)cccc3F)cc12.CS(=O)(=O)Cc1ccc(Br)cn1.Cc1ccc(CS(C)(=O)=O)nc1.Fc1ccc(Br)cn1. The molecule has 0 unspecified atom stereocenters. The predicted molar refractivity (Wildman–Crippen MR) is 268 cm³/mol. The molecule has 6 heterocycles. The maximum Gasteiger partial charge on any atom is 0.212 e. The third kappa shape index (κ3) is 13.7. The molecule has 14 nitrogen and oxygen atoms in total. The molecule has 2 atom stereocenters. The van der Waals surface area contributed by atoms with Crippen molar-refractivity contribution >= 4 is 61.4 Å². The Morgan fingerprint density at radius 3 is 1.67 bits per heavy atom. The fourth-order valence-corrected chi connectivity index (χ4v) is 11.0. The van der Waals surface area contributed by atoms with Crippen LogP contribution in [0.25, 0.3) is 22.6 Å². The number of sulfone groups is 3. The van der Waals surface area contributed by atoms with Crippen molar-refractivity contribution < 1.29 is 38.4 Å². The molecule has 1 fully saturated rings. The summed E-state index contributed by atoms with van der Waals surface area (Å²) in [5.74, 6) is -1.32. The lowest BCUT2D eigenvalue weighted by atomic mass is 9.66. The van der Waals surface area contributed by atoms with Crippen molar-refractivity contribution in [2.24, 2.45) is 5.41 Å². The lowest BCUT2D eigenvalue weighted by Crippen LogP contribution is -2.38. The molecule has 0 spiro atoms. The van der Waals surface area contributed by atoms with Crippen molar-refractivity contribution in [1.82, 2.24) is 40.1 Å². The molecule has 2 bridgehead atoms. The second-order valence-corrected chi connectivity index (χ2v) is 25.7. The summed E-state index contributed by atoms with van der Waals surface area (Å²) in [7, 11) is -9.12. The Morgan fingerprint density at radius 1 is 0.643 bits per heavy atom. The van der Waals surface area contributed by atoms with Crippen LogP contribution in [0.4, 0.5) is 13.2 Å². The van der Waals surface area contributed by atoms with Gasteiger partial charge in [-0.05, 0) is 141 Å². The lowest BCUT2D eigenvalue weighted by Gasteiger charge is -2.37. The van der Waals surface area contributed by atoms with Gasteiger partial charge in [-0.2, -0.15) is 9.49 Å². The maximum atomic E-state index is 14.5. The van der Waals surface area contributed by atoms with E-state index in [-0.39, 0.29) is 39.8 Å². The zero-order valence-electron chi connectivity index (χ0n) is 38.6. The van der Waals surface area contributed by atoms with Crippen molar-refractivity contribution in [3.8, 4) is 22.6 Å². The molecule has 2 aliphatic carbocycles. The molecule has 1 saturated carbocycles. The Morgan fingerprint density at radius 2 is 1.19 bits per heavy atom. The number of benzene rings is 1. The molecule has 2 aliphatic rings. The molecule has 9 rings (SSSR count). The molecule has 368 valence electrons. The number of aryl methyl sites for hydroxylation is 1. The Labute approximate surface area is 422 Å². The molecule has 0 radical (unpaired) electrons. The highest BCUT2D eigenvalue weighted by Gasteiger charge is 2.65. The van der Waals surface area contributed by atoms with Crippen LogP contribution in [0.15, 0.2) is 119 Å². The van der Waals surface area contributed by atoms with E-state index in [0.29, 0.717) is 28.5 Å². The zero-order valence-corrected chi connectivity index (χ0v) is 44.3. The minimum Gasteiger partial charge on any atom is -0.260 e. The number of rotatable bonds is 9. The summed E-state index contributed by atoms with van der Waals surface area (Å²) in [6.07, 6.45) is 13.2. The van der Waals surface area contributed by atoms with Gasteiger partial charge in [0.15, 0.2) is 35.3 Å². The highest BCUT2D eigenvalue weighted by molar-refractivity contribution is 9.10. The van der Waals surface area contributed by atoms with Crippen molar-refractivity contribution in [2.45, 2.75) is 62.2 Å². The highest BCUT2D eigenvalue weighted by Crippen LogP contribution is 2.69. The second-order valence-electron chi connectivity index (χ2n) is 17.5. The molecule has 0 aliphatic heterocycles. The Kier molecular flexibility index (Phi) is 16.9. The number of halogens is 5. The van der Waals surface area contributed by atoms with Crippen molar-refractivity contribution in [3.63, 3.8) is 0 Å². The highest BCUT2D eigenvalue weighted by atomic mass is 79.9. The number of hydrogen-bond donors (Lipinski definition) is 0. The Bertz CT molecular complexity index is 3210. The summed E-state index contributed by atoms with van der Waals surface area (Å²) >= 11 is 6.33. The summed E-state index contributed by atoms with van der Waals surface area (Å²) in [5, 5.41) is 8.86. The molecule has 0 amide bonds. The van der Waals surface area contributed by atoms with E-state index in [1.165, 1.54) is 49.2 Å². The minimum atomic E-state index is -3.19. The first-order chi connectivity index (χ1) is 32.7. The van der Waals surface area contributed by atoms with Crippen LogP contribution in [0.2, 0.25) is 0 Å². The molecule has 7 aromatic rings. The molecule has 1 aromatic carbocycles. The van der Waals surface area contributed by atoms with E-state index in [4.69, 9.17) is 4.98 Å². The topological polar surface area (TPSA) is 206 Å². The van der Waals surface area contributed by atoms with E-state index in [0.717, 1.165) is 44.3 Å². The van der Waals surface area contributed by atoms with E-state index < -0.39 is 52.5 Å². The van der Waals surface area contributed by atoms with Gasteiger partial charge < -0.3 is 0 Å². The van der Waals surface area contributed by atoms with Crippen LogP contribution in [0.3, 0.4) is 0 Å². The van der Waals surface area contributed by atoms with Crippen LogP contribution >= 0.6 is 31.9 Å². The molecule has 70 heavy (non-hydrogen) atoms. The number of aromatic nitrogens is 8. The van der Waals surface area contributed by atoms with Crippen LogP contribution in [-0.4, -0.2) is 84.1 Å². The van der Waals surface area contributed by atoms with E-state index in [1.54, 1.807) is 67.3 Å². The van der Waals surface area contributed by atoms with Crippen LogP contribution in [0, 0.1) is 29.9 Å². The monoisotopic (exact) mass is 1140 g/mol. The smallest absolute Gasteiger partial charge is 0.212 e. The van der Waals surface area contributed by atoms with E-state index >= 15 is 0 Å². The van der Waals surface area contributed by atoms with Gasteiger partial charge in [0.2, 0.25) is 5.95 Å². The third-order valence-corrected chi connectivity index (χ3v) is 14.9. The zero-order chi connectivity index (χ0) is 51.2. The lowest BCUT2D eigenvalue weighted by molar-refractivity contribution is 0.243. The van der Waals surface area contributed by atoms with Gasteiger partial charge in [-0.25, -0.2) is 49.0 Å². The number of nitrogens with zero attached hydrogens (tertiary/aromatic N) is 8. The molecule has 0 N–H and O–H groups in total. The average molecular weight is 1140 g/mol. The van der Waals surface area contributed by atoms with E-state index in [2.05, 4.69) is 80.8 Å². The summed E-state index contributed by atoms with van der Waals surface area (Å²) in [4.78, 5) is 25.0. The summed E-state index contributed by atoms with van der Waals surface area (Å²) in [6.45, 7) is 6.27. The largest absolute Gasteiger partial charge is 0.260 e. The van der Waals surface area contributed by atoms with E-state index in [1.807, 2.05) is 19.1 Å². The molecule has 0 saturated heterocycles. The van der Waals surface area contributed by atoms with Gasteiger partial charge in [0.1, 0.15) is 11.6 Å². The summed E-state index contributed by atoms with van der Waals surface area (Å²) in [5.41, 5.74) is 5.04. The van der Waals surface area contributed by atoms with E-state index in [9.17, 15) is 38.4 Å². The van der Waals surface area contributed by atoms with Crippen molar-refractivity contribution in [2.75, 3.05) is 18.8 Å². The minimum absolute atomic E-state index is 0.000278. The van der Waals surface area contributed by atoms with Crippen LogP contribution < -0.4 is 0 Å². The Balaban J connectivity index is 0.000000202. The van der Waals surface area contributed by atoms with Gasteiger partial charge in [-0.15, -0.1) is 5.10 Å². The van der Waals surface area contributed by atoms with Gasteiger partial charge in [-0.3, -0.25) is 15.0 Å². The summed E-state index contributed by atoms with van der Waals surface area (Å²) in [6, 6.07) is 20.8. The first-order valence-corrected chi connectivity index (χ1v) is 28.9. The fraction of sp³-hybridized carbons (Fsp3) is 0.292. The molecule has 6 aromatic heterocycles. The number of fused-ring (bicyclic) bond motifs is 5. The Hall–Kier alpha value is -5.42.